The Hall–Kier alpha value is -1.67. The lowest BCUT2D eigenvalue weighted by Crippen LogP contribution is -2.14. The zero-order chi connectivity index (χ0) is 21.5. The number of hydrogen-bond donors (Lipinski definition) is 1. The molecule has 1 N–H and O–H groups in total. The van der Waals surface area contributed by atoms with Crippen molar-refractivity contribution in [2.24, 2.45) is 7.05 Å². The smallest absolute Gasteiger partial charge is 0.234 e. The zero-order valence-corrected chi connectivity index (χ0v) is 19.8. The van der Waals surface area contributed by atoms with Gasteiger partial charge in [0.25, 0.3) is 0 Å². The summed E-state index contributed by atoms with van der Waals surface area (Å²) in [6.45, 7) is 2.10. The minimum atomic E-state index is -0.0689. The highest BCUT2D eigenvalue weighted by atomic mass is 35.5. The minimum Gasteiger partial charge on any atom is -0.325 e. The number of carbonyl (C=O) groups is 1. The van der Waals surface area contributed by atoms with Crippen LogP contribution in [0.25, 0.3) is 0 Å². The summed E-state index contributed by atoms with van der Waals surface area (Å²) in [5, 5.41) is 13.4. The molecule has 0 atom stereocenters. The van der Waals surface area contributed by atoms with E-state index in [2.05, 4.69) is 22.4 Å². The van der Waals surface area contributed by atoms with Crippen LogP contribution in [0.3, 0.4) is 0 Å². The van der Waals surface area contributed by atoms with Gasteiger partial charge in [-0.15, -0.1) is 22.0 Å². The maximum Gasteiger partial charge on any atom is 0.234 e. The largest absolute Gasteiger partial charge is 0.325 e. The van der Waals surface area contributed by atoms with Crippen LogP contribution in [0.15, 0.2) is 47.6 Å². The number of amides is 1. The van der Waals surface area contributed by atoms with Crippen molar-refractivity contribution in [1.29, 1.82) is 0 Å². The van der Waals surface area contributed by atoms with Gasteiger partial charge in [-0.25, -0.2) is 0 Å². The van der Waals surface area contributed by atoms with Crippen LogP contribution in [0.4, 0.5) is 5.69 Å². The molecule has 3 aromatic rings. The second kappa shape index (κ2) is 11.1. The fraction of sp³-hybridized carbons (Fsp3) is 0.286. The number of anilines is 1. The van der Waals surface area contributed by atoms with E-state index >= 15 is 0 Å². The van der Waals surface area contributed by atoms with Gasteiger partial charge in [0.1, 0.15) is 5.82 Å². The number of nitrogens with one attached hydrogen (secondary N) is 1. The van der Waals surface area contributed by atoms with Crippen molar-refractivity contribution in [2.45, 2.75) is 30.0 Å². The highest BCUT2D eigenvalue weighted by Gasteiger charge is 2.12. The molecule has 0 aliphatic carbocycles. The fourth-order valence-electron chi connectivity index (χ4n) is 2.64. The summed E-state index contributed by atoms with van der Waals surface area (Å²) in [7, 11) is 1.91. The average Bonchev–Trinajstić information content (AvgIpc) is 3.08. The van der Waals surface area contributed by atoms with E-state index < -0.39 is 0 Å². The molecule has 0 fully saturated rings. The molecular weight excluding hydrogens is 459 g/mol. The zero-order valence-electron chi connectivity index (χ0n) is 16.7. The number of thioether (sulfide) groups is 2. The first-order valence-corrected chi connectivity index (χ1v) is 12.3. The van der Waals surface area contributed by atoms with Gasteiger partial charge in [0.2, 0.25) is 5.91 Å². The highest BCUT2D eigenvalue weighted by Crippen LogP contribution is 2.26. The van der Waals surface area contributed by atoms with E-state index in [4.69, 9.17) is 23.2 Å². The Morgan fingerprint density at radius 3 is 2.57 bits per heavy atom. The lowest BCUT2D eigenvalue weighted by atomic mass is 10.1. The van der Waals surface area contributed by atoms with Crippen molar-refractivity contribution >= 4 is 58.3 Å². The SMILES string of the molecule is CCc1ccc(NC(=O)CSc2nnc(CSCc3ccc(Cl)cc3Cl)n2C)cc1. The van der Waals surface area contributed by atoms with Crippen molar-refractivity contribution in [1.82, 2.24) is 14.8 Å². The number of aromatic nitrogens is 3. The molecule has 0 aliphatic rings. The standard InChI is InChI=1S/C21H22Cl2N4OS2/c1-3-14-4-8-17(9-5-14)24-20(28)13-30-21-26-25-19(27(21)2)12-29-11-15-6-7-16(22)10-18(15)23/h4-10H,3,11-13H2,1-2H3,(H,24,28). The Morgan fingerprint density at radius 1 is 1.10 bits per heavy atom. The van der Waals surface area contributed by atoms with Gasteiger partial charge in [0.05, 0.1) is 11.5 Å². The van der Waals surface area contributed by atoms with Crippen LogP contribution in [0.5, 0.6) is 0 Å². The molecule has 2 aromatic carbocycles. The van der Waals surface area contributed by atoms with Crippen molar-refractivity contribution in [3.8, 4) is 0 Å². The summed E-state index contributed by atoms with van der Waals surface area (Å²) in [6, 6.07) is 13.4. The molecule has 0 radical (unpaired) electrons. The molecule has 1 aromatic heterocycles. The molecule has 3 rings (SSSR count). The first-order chi connectivity index (χ1) is 14.5. The monoisotopic (exact) mass is 480 g/mol. The molecule has 9 heteroatoms. The molecular formula is C21H22Cl2N4OS2. The predicted molar refractivity (Wildman–Crippen MR) is 128 cm³/mol. The minimum absolute atomic E-state index is 0.0689. The van der Waals surface area contributed by atoms with E-state index in [0.29, 0.717) is 21.0 Å². The number of aryl methyl sites for hydroxylation is 1. The molecule has 1 amide bonds. The number of nitrogens with zero attached hydrogens (tertiary/aromatic N) is 3. The molecule has 0 aliphatic heterocycles. The maximum absolute atomic E-state index is 12.2. The van der Waals surface area contributed by atoms with Gasteiger partial charge in [-0.2, -0.15) is 0 Å². The summed E-state index contributed by atoms with van der Waals surface area (Å²) < 4.78 is 1.92. The van der Waals surface area contributed by atoms with E-state index in [1.807, 2.05) is 48.0 Å². The van der Waals surface area contributed by atoms with E-state index in [-0.39, 0.29) is 11.7 Å². The Balaban J connectivity index is 1.47. The van der Waals surface area contributed by atoms with Gasteiger partial charge in [0, 0.05) is 28.5 Å². The van der Waals surface area contributed by atoms with Crippen LogP contribution in [-0.2, 0) is 29.8 Å². The van der Waals surface area contributed by atoms with Crippen molar-refractivity contribution in [3.63, 3.8) is 0 Å². The lowest BCUT2D eigenvalue weighted by molar-refractivity contribution is -0.113. The predicted octanol–water partition coefficient (Wildman–Crippen LogP) is 5.85. The molecule has 0 saturated carbocycles. The van der Waals surface area contributed by atoms with Crippen LogP contribution < -0.4 is 5.32 Å². The summed E-state index contributed by atoms with van der Waals surface area (Å²) in [6.07, 6.45) is 0.976. The Morgan fingerprint density at radius 2 is 1.87 bits per heavy atom. The summed E-state index contributed by atoms with van der Waals surface area (Å²) in [5.41, 5.74) is 3.07. The van der Waals surface area contributed by atoms with E-state index in [1.165, 1.54) is 17.3 Å². The Kier molecular flexibility index (Phi) is 8.50. The Labute approximate surface area is 194 Å². The van der Waals surface area contributed by atoms with Crippen LogP contribution in [0, 0.1) is 0 Å². The highest BCUT2D eigenvalue weighted by molar-refractivity contribution is 7.99. The molecule has 5 nitrogen and oxygen atoms in total. The summed E-state index contributed by atoms with van der Waals surface area (Å²) in [4.78, 5) is 12.2. The van der Waals surface area contributed by atoms with Crippen molar-refractivity contribution in [2.75, 3.05) is 11.1 Å². The number of carbonyl (C=O) groups excluding carboxylic acids is 1. The normalized spacial score (nSPS) is 10.9. The van der Waals surface area contributed by atoms with Crippen LogP contribution in [0.2, 0.25) is 10.0 Å². The van der Waals surface area contributed by atoms with Crippen molar-refractivity contribution < 1.29 is 4.79 Å². The third kappa shape index (κ3) is 6.41. The second-order valence-corrected chi connectivity index (χ2v) is 9.35. The third-order valence-electron chi connectivity index (χ3n) is 4.41. The Bertz CT molecular complexity index is 1010. The van der Waals surface area contributed by atoms with Gasteiger partial charge in [-0.1, -0.05) is 60.1 Å². The number of halogens is 2. The lowest BCUT2D eigenvalue weighted by Gasteiger charge is -2.07. The van der Waals surface area contributed by atoms with Crippen LogP contribution >= 0.6 is 46.7 Å². The van der Waals surface area contributed by atoms with Crippen LogP contribution in [0.1, 0.15) is 23.9 Å². The fourth-order valence-corrected chi connectivity index (χ4v) is 4.93. The number of rotatable bonds is 9. The first-order valence-electron chi connectivity index (χ1n) is 9.37. The van der Waals surface area contributed by atoms with Gasteiger partial charge < -0.3 is 9.88 Å². The summed E-state index contributed by atoms with van der Waals surface area (Å²) >= 11 is 15.2. The van der Waals surface area contributed by atoms with Gasteiger partial charge in [0.15, 0.2) is 5.16 Å². The molecule has 0 spiro atoms. The quantitative estimate of drug-likeness (QED) is 0.389. The van der Waals surface area contributed by atoms with E-state index in [9.17, 15) is 4.79 Å². The summed E-state index contributed by atoms with van der Waals surface area (Å²) in [5.74, 6) is 2.50. The second-order valence-electron chi connectivity index (χ2n) is 6.57. The molecule has 158 valence electrons. The van der Waals surface area contributed by atoms with E-state index in [0.717, 1.165) is 29.2 Å². The molecule has 0 bridgehead atoms. The molecule has 1 heterocycles. The average molecular weight is 481 g/mol. The molecule has 0 unspecified atom stereocenters. The number of benzene rings is 2. The molecule has 0 saturated heterocycles. The van der Waals surface area contributed by atoms with Gasteiger partial charge in [-0.05, 0) is 41.8 Å². The molecule has 30 heavy (non-hydrogen) atoms. The van der Waals surface area contributed by atoms with Crippen LogP contribution in [-0.4, -0.2) is 26.4 Å². The third-order valence-corrected chi connectivity index (χ3v) is 6.99. The topological polar surface area (TPSA) is 59.8 Å². The maximum atomic E-state index is 12.2. The van der Waals surface area contributed by atoms with Crippen molar-refractivity contribution in [3.05, 3.63) is 69.5 Å². The van der Waals surface area contributed by atoms with Gasteiger partial charge >= 0.3 is 0 Å². The van der Waals surface area contributed by atoms with Gasteiger partial charge in [-0.3, -0.25) is 4.79 Å². The number of hydrogen-bond acceptors (Lipinski definition) is 5. The van der Waals surface area contributed by atoms with E-state index in [1.54, 1.807) is 17.8 Å². The first kappa shape index (κ1) is 23.0.